The van der Waals surface area contributed by atoms with Crippen LogP contribution < -0.4 is 20.1 Å². The topological polar surface area (TPSA) is 68.3 Å². The maximum atomic E-state index is 5.35. The number of aryl methyl sites for hydroxylation is 1. The Kier molecular flexibility index (Phi) is 5.58. The molecule has 134 valence electrons. The molecular weight excluding hydrogens is 316 g/mol. The van der Waals surface area contributed by atoms with Gasteiger partial charge in [0.15, 0.2) is 11.5 Å². The molecule has 0 radical (unpaired) electrons. The highest BCUT2D eigenvalue weighted by Gasteiger charge is 2.15. The molecule has 1 heterocycles. The van der Waals surface area contributed by atoms with Gasteiger partial charge in [-0.3, -0.25) is 0 Å². The summed E-state index contributed by atoms with van der Waals surface area (Å²) in [7, 11) is 3.25. The van der Waals surface area contributed by atoms with Gasteiger partial charge in [-0.05, 0) is 31.9 Å². The fourth-order valence-electron chi connectivity index (χ4n) is 3.19. The Morgan fingerprint density at radius 1 is 0.960 bits per heavy atom. The lowest BCUT2D eigenvalue weighted by Gasteiger charge is -2.23. The van der Waals surface area contributed by atoms with E-state index in [-0.39, 0.29) is 0 Å². The molecule has 0 spiro atoms. The molecule has 25 heavy (non-hydrogen) atoms. The SMILES string of the molecule is COc1ccc(Nc2cc(C)nc(NC3CCCCC3)n2)cc1OC. The summed E-state index contributed by atoms with van der Waals surface area (Å²) in [4.78, 5) is 9.14. The lowest BCUT2D eigenvalue weighted by Crippen LogP contribution is -2.23. The first-order valence-corrected chi connectivity index (χ1v) is 8.79. The van der Waals surface area contributed by atoms with E-state index in [2.05, 4.69) is 20.6 Å². The third-order valence-corrected chi connectivity index (χ3v) is 4.45. The lowest BCUT2D eigenvalue weighted by atomic mass is 9.96. The van der Waals surface area contributed by atoms with E-state index in [1.807, 2.05) is 31.2 Å². The Morgan fingerprint density at radius 3 is 2.44 bits per heavy atom. The largest absolute Gasteiger partial charge is 0.493 e. The smallest absolute Gasteiger partial charge is 0.225 e. The van der Waals surface area contributed by atoms with Gasteiger partial charge in [0, 0.05) is 29.6 Å². The highest BCUT2D eigenvalue weighted by Crippen LogP contribution is 2.31. The second-order valence-electron chi connectivity index (χ2n) is 6.39. The zero-order valence-electron chi connectivity index (χ0n) is 15.1. The van der Waals surface area contributed by atoms with Crippen molar-refractivity contribution in [2.75, 3.05) is 24.9 Å². The number of nitrogens with zero attached hydrogens (tertiary/aromatic N) is 2. The minimum absolute atomic E-state index is 0.476. The Morgan fingerprint density at radius 2 is 1.72 bits per heavy atom. The third-order valence-electron chi connectivity index (χ3n) is 4.45. The van der Waals surface area contributed by atoms with Crippen LogP contribution >= 0.6 is 0 Å². The van der Waals surface area contributed by atoms with Crippen LogP contribution in [0.4, 0.5) is 17.5 Å². The van der Waals surface area contributed by atoms with Crippen molar-refractivity contribution in [1.29, 1.82) is 0 Å². The predicted octanol–water partition coefficient (Wildman–Crippen LogP) is 4.29. The molecule has 6 nitrogen and oxygen atoms in total. The van der Waals surface area contributed by atoms with E-state index in [4.69, 9.17) is 9.47 Å². The zero-order valence-corrected chi connectivity index (χ0v) is 15.1. The van der Waals surface area contributed by atoms with Gasteiger partial charge in [0.1, 0.15) is 5.82 Å². The number of methoxy groups -OCH3 is 2. The van der Waals surface area contributed by atoms with E-state index in [0.717, 1.165) is 17.2 Å². The molecule has 0 saturated heterocycles. The molecule has 0 unspecified atom stereocenters. The summed E-state index contributed by atoms with van der Waals surface area (Å²) in [5.41, 5.74) is 1.82. The predicted molar refractivity (Wildman–Crippen MR) is 100 cm³/mol. The van der Waals surface area contributed by atoms with Gasteiger partial charge in [-0.15, -0.1) is 0 Å². The van der Waals surface area contributed by atoms with E-state index >= 15 is 0 Å². The number of aromatic nitrogens is 2. The molecule has 1 aliphatic carbocycles. The van der Waals surface area contributed by atoms with Crippen LogP contribution in [0.3, 0.4) is 0 Å². The molecule has 3 rings (SSSR count). The summed E-state index contributed by atoms with van der Waals surface area (Å²) < 4.78 is 10.6. The average molecular weight is 342 g/mol. The van der Waals surface area contributed by atoms with Crippen molar-refractivity contribution in [3.63, 3.8) is 0 Å². The Hall–Kier alpha value is -2.50. The summed E-state index contributed by atoms with van der Waals surface area (Å²) in [5, 5.41) is 6.80. The Balaban J connectivity index is 1.75. The molecule has 6 heteroatoms. The van der Waals surface area contributed by atoms with Gasteiger partial charge < -0.3 is 20.1 Å². The minimum Gasteiger partial charge on any atom is -0.493 e. The first-order chi connectivity index (χ1) is 12.2. The Bertz CT molecular complexity index is 715. The fourth-order valence-corrected chi connectivity index (χ4v) is 3.19. The average Bonchev–Trinajstić information content (AvgIpc) is 2.62. The summed E-state index contributed by atoms with van der Waals surface area (Å²) in [6.07, 6.45) is 6.27. The van der Waals surface area contributed by atoms with E-state index in [0.29, 0.717) is 23.5 Å². The number of hydrogen-bond acceptors (Lipinski definition) is 6. The van der Waals surface area contributed by atoms with Crippen LogP contribution in [0.5, 0.6) is 11.5 Å². The van der Waals surface area contributed by atoms with Crippen LogP contribution in [0.25, 0.3) is 0 Å². The van der Waals surface area contributed by atoms with Crippen LogP contribution in [-0.4, -0.2) is 30.2 Å². The third kappa shape index (κ3) is 4.53. The van der Waals surface area contributed by atoms with Crippen molar-refractivity contribution in [3.05, 3.63) is 30.0 Å². The van der Waals surface area contributed by atoms with E-state index in [9.17, 15) is 0 Å². The van der Waals surface area contributed by atoms with Gasteiger partial charge in [-0.2, -0.15) is 4.98 Å². The lowest BCUT2D eigenvalue weighted by molar-refractivity contribution is 0.355. The second-order valence-corrected chi connectivity index (χ2v) is 6.39. The molecule has 0 amide bonds. The normalized spacial score (nSPS) is 14.8. The van der Waals surface area contributed by atoms with E-state index < -0.39 is 0 Å². The highest BCUT2D eigenvalue weighted by atomic mass is 16.5. The van der Waals surface area contributed by atoms with Crippen LogP contribution in [0.2, 0.25) is 0 Å². The number of anilines is 3. The van der Waals surface area contributed by atoms with Gasteiger partial charge in [-0.1, -0.05) is 19.3 Å². The van der Waals surface area contributed by atoms with Gasteiger partial charge in [0.05, 0.1) is 14.2 Å². The van der Waals surface area contributed by atoms with Crippen molar-refractivity contribution in [2.45, 2.75) is 45.1 Å². The van der Waals surface area contributed by atoms with Gasteiger partial charge in [-0.25, -0.2) is 4.98 Å². The number of rotatable bonds is 6. The maximum absolute atomic E-state index is 5.35. The van der Waals surface area contributed by atoms with Crippen molar-refractivity contribution >= 4 is 17.5 Å². The van der Waals surface area contributed by atoms with E-state index in [1.165, 1.54) is 32.1 Å². The van der Waals surface area contributed by atoms with Gasteiger partial charge in [0.25, 0.3) is 0 Å². The summed E-state index contributed by atoms with van der Waals surface area (Å²) in [5.74, 6) is 2.83. The van der Waals surface area contributed by atoms with Crippen LogP contribution in [0.15, 0.2) is 24.3 Å². The molecule has 0 aliphatic heterocycles. The van der Waals surface area contributed by atoms with E-state index in [1.54, 1.807) is 14.2 Å². The summed E-state index contributed by atoms with van der Waals surface area (Å²) in [6.45, 7) is 1.98. The van der Waals surface area contributed by atoms with Crippen molar-refractivity contribution < 1.29 is 9.47 Å². The number of hydrogen-bond donors (Lipinski definition) is 2. The molecule has 0 bridgehead atoms. The number of ether oxygens (including phenoxy) is 2. The minimum atomic E-state index is 0.476. The maximum Gasteiger partial charge on any atom is 0.225 e. The number of benzene rings is 1. The van der Waals surface area contributed by atoms with Crippen LogP contribution in [-0.2, 0) is 0 Å². The molecule has 1 saturated carbocycles. The molecule has 1 aromatic heterocycles. The summed E-state index contributed by atoms with van der Waals surface area (Å²) >= 11 is 0. The van der Waals surface area contributed by atoms with Crippen molar-refractivity contribution in [3.8, 4) is 11.5 Å². The van der Waals surface area contributed by atoms with Gasteiger partial charge >= 0.3 is 0 Å². The zero-order chi connectivity index (χ0) is 17.6. The van der Waals surface area contributed by atoms with Crippen molar-refractivity contribution in [1.82, 2.24) is 9.97 Å². The highest BCUT2D eigenvalue weighted by molar-refractivity contribution is 5.62. The van der Waals surface area contributed by atoms with Crippen LogP contribution in [0.1, 0.15) is 37.8 Å². The first kappa shape index (κ1) is 17.3. The van der Waals surface area contributed by atoms with Crippen LogP contribution in [0, 0.1) is 6.92 Å². The molecular formula is C19H26N4O2. The Labute approximate surface area is 149 Å². The molecule has 1 fully saturated rings. The molecule has 0 atom stereocenters. The molecule has 2 N–H and O–H groups in total. The molecule has 1 aliphatic rings. The number of nitrogens with one attached hydrogen (secondary N) is 2. The quantitative estimate of drug-likeness (QED) is 0.816. The molecule has 2 aromatic rings. The monoisotopic (exact) mass is 342 g/mol. The van der Waals surface area contributed by atoms with Crippen molar-refractivity contribution in [2.24, 2.45) is 0 Å². The fraction of sp³-hybridized carbons (Fsp3) is 0.474. The summed E-state index contributed by atoms with van der Waals surface area (Å²) in [6, 6.07) is 8.11. The molecule has 1 aromatic carbocycles. The second kappa shape index (κ2) is 8.05. The standard InChI is InChI=1S/C19H26N4O2/c1-13-11-18(21-15-9-10-16(24-2)17(12-15)25-3)23-19(20-13)22-14-7-5-4-6-8-14/h9-12,14H,4-8H2,1-3H3,(H2,20,21,22,23). The van der Waals surface area contributed by atoms with Gasteiger partial charge in [0.2, 0.25) is 5.95 Å². The first-order valence-electron chi connectivity index (χ1n) is 8.79.